The summed E-state index contributed by atoms with van der Waals surface area (Å²) in [6.07, 6.45) is 2.08. The highest BCUT2D eigenvalue weighted by Gasteiger charge is 2.29. The fourth-order valence-electron chi connectivity index (χ4n) is 6.86. The van der Waals surface area contributed by atoms with E-state index in [2.05, 4.69) is 69.9 Å². The molecule has 3 N–H and O–H groups in total. The average Bonchev–Trinajstić information content (AvgIpc) is 3.40. The van der Waals surface area contributed by atoms with Gasteiger partial charge in [0.1, 0.15) is 50.9 Å². The molecule has 4 aromatic rings. The predicted molar refractivity (Wildman–Crippen MR) is 196 cm³/mol. The van der Waals surface area contributed by atoms with Crippen LogP contribution in [0.15, 0.2) is 42.5 Å². The Morgan fingerprint density at radius 1 is 0.978 bits per heavy atom. The van der Waals surface area contributed by atoms with E-state index >= 15 is 0 Å². The Morgan fingerprint density at radius 3 is 2.35 bits per heavy atom. The van der Waals surface area contributed by atoms with Crippen molar-refractivity contribution >= 4 is 84.2 Å². The van der Waals surface area contributed by atoms with Crippen LogP contribution in [0.25, 0.3) is 10.9 Å². The topological polar surface area (TPSA) is 85.5 Å². The van der Waals surface area contributed by atoms with E-state index in [9.17, 15) is 13.6 Å². The lowest BCUT2D eigenvalue weighted by molar-refractivity contribution is 0.0904. The van der Waals surface area contributed by atoms with E-state index in [4.69, 9.17) is 4.74 Å². The molecule has 3 aromatic carbocycles. The van der Waals surface area contributed by atoms with Crippen LogP contribution in [-0.2, 0) is 11.2 Å². The highest BCUT2D eigenvalue weighted by atomic mass is 19.1. The van der Waals surface area contributed by atoms with Crippen LogP contribution in [0.3, 0.4) is 0 Å². The molecule has 2 saturated heterocycles. The van der Waals surface area contributed by atoms with Gasteiger partial charge in [-0.3, -0.25) is 9.89 Å². The van der Waals surface area contributed by atoms with Gasteiger partial charge in [-0.1, -0.05) is 22.8 Å². The molecular formula is C31H39B5F2N6O2. The number of carbonyl (C=O) groups excluding carboxylic acids is 1. The minimum absolute atomic E-state index is 0.127. The number of aromatic nitrogens is 2. The number of benzene rings is 3. The first kappa shape index (κ1) is 32.3. The Hall–Kier alpha value is -3.70. The second-order valence-corrected chi connectivity index (χ2v) is 13.6. The Kier molecular flexibility index (Phi) is 9.25. The van der Waals surface area contributed by atoms with Gasteiger partial charge in [0.25, 0.3) is 5.91 Å². The lowest BCUT2D eigenvalue weighted by atomic mass is 9.48. The summed E-state index contributed by atoms with van der Waals surface area (Å²) in [6, 6.07) is 11.4. The molecule has 15 heteroatoms. The van der Waals surface area contributed by atoms with Crippen LogP contribution in [0.5, 0.6) is 0 Å². The summed E-state index contributed by atoms with van der Waals surface area (Å²) in [5.74, 6) is -1.07. The number of H-pyrrole nitrogens is 1. The van der Waals surface area contributed by atoms with Crippen LogP contribution >= 0.6 is 0 Å². The molecule has 1 aromatic heterocycles. The van der Waals surface area contributed by atoms with Crippen molar-refractivity contribution in [2.24, 2.45) is 0 Å². The quantitative estimate of drug-likeness (QED) is 0.207. The number of aromatic amines is 1. The van der Waals surface area contributed by atoms with Crippen molar-refractivity contribution in [1.82, 2.24) is 15.1 Å². The first-order valence-corrected chi connectivity index (χ1v) is 16.2. The van der Waals surface area contributed by atoms with E-state index in [1.165, 1.54) is 17.8 Å². The SMILES string of the molecule is Bc1cc(C(=O)Nc2n[nH]c3ccc(Cc4cc(F)cc(F)c4)cc23)c(NC2CCOCC2)c(B)c1N1CCN(C(B)(B)B)CC1. The number of amides is 1. The summed E-state index contributed by atoms with van der Waals surface area (Å²) in [7, 11) is 11.0. The number of carbonyl (C=O) groups is 1. The lowest BCUT2D eigenvalue weighted by Crippen LogP contribution is -2.59. The van der Waals surface area contributed by atoms with Gasteiger partial charge in [-0.2, -0.15) is 5.10 Å². The van der Waals surface area contributed by atoms with Gasteiger partial charge in [-0.05, 0) is 60.1 Å². The van der Waals surface area contributed by atoms with Crippen molar-refractivity contribution in [1.29, 1.82) is 0 Å². The molecule has 0 radical (unpaired) electrons. The number of nitrogens with zero attached hydrogens (tertiary/aromatic N) is 3. The predicted octanol–water partition coefficient (Wildman–Crippen LogP) is -1.58. The smallest absolute Gasteiger partial charge is 0.258 e. The Morgan fingerprint density at radius 2 is 1.67 bits per heavy atom. The van der Waals surface area contributed by atoms with Gasteiger partial charge < -0.3 is 25.2 Å². The number of hydrogen-bond acceptors (Lipinski definition) is 6. The van der Waals surface area contributed by atoms with Gasteiger partial charge >= 0.3 is 0 Å². The van der Waals surface area contributed by atoms with Gasteiger partial charge in [-0.25, -0.2) is 8.78 Å². The summed E-state index contributed by atoms with van der Waals surface area (Å²) >= 11 is 0. The normalized spacial score (nSPS) is 16.5. The molecule has 0 saturated carbocycles. The lowest BCUT2D eigenvalue weighted by Gasteiger charge is -2.44. The summed E-state index contributed by atoms with van der Waals surface area (Å²) in [4.78, 5) is 19.1. The third kappa shape index (κ3) is 7.00. The number of rotatable bonds is 8. The van der Waals surface area contributed by atoms with Crippen molar-refractivity contribution < 1.29 is 18.3 Å². The highest BCUT2D eigenvalue weighted by Crippen LogP contribution is 2.27. The number of piperazine rings is 1. The molecule has 0 aliphatic carbocycles. The number of ether oxygens (including phenoxy) is 1. The van der Waals surface area contributed by atoms with Crippen LogP contribution in [0.2, 0.25) is 0 Å². The molecule has 3 heterocycles. The van der Waals surface area contributed by atoms with Gasteiger partial charge in [0, 0.05) is 68.3 Å². The van der Waals surface area contributed by atoms with Crippen LogP contribution in [0, 0.1) is 11.6 Å². The molecule has 2 aliphatic rings. The zero-order chi connectivity index (χ0) is 32.6. The Balaban J connectivity index is 1.30. The number of halogens is 2. The zero-order valence-corrected chi connectivity index (χ0v) is 27.4. The molecule has 0 bridgehead atoms. The first-order valence-electron chi connectivity index (χ1n) is 16.2. The van der Waals surface area contributed by atoms with Gasteiger partial charge in [0.2, 0.25) is 0 Å². The highest BCUT2D eigenvalue weighted by molar-refractivity contribution is 6.59. The van der Waals surface area contributed by atoms with Crippen LogP contribution in [0.1, 0.15) is 34.3 Å². The minimum Gasteiger partial charge on any atom is -0.382 e. The Bertz CT molecular complexity index is 1730. The number of anilines is 3. The van der Waals surface area contributed by atoms with E-state index in [0.717, 1.165) is 78.2 Å². The fraction of sp³-hybridized carbons (Fsp3) is 0.355. The second-order valence-electron chi connectivity index (χ2n) is 13.6. The zero-order valence-electron chi connectivity index (χ0n) is 27.4. The summed E-state index contributed by atoms with van der Waals surface area (Å²) < 4.78 is 33.2. The van der Waals surface area contributed by atoms with Crippen molar-refractivity contribution in [3.8, 4) is 0 Å². The van der Waals surface area contributed by atoms with Crippen molar-refractivity contribution in [3.05, 3.63) is 70.8 Å². The van der Waals surface area contributed by atoms with Gasteiger partial charge in [0.05, 0.1) is 11.1 Å². The summed E-state index contributed by atoms with van der Waals surface area (Å²) in [5, 5.41) is 15.1. The van der Waals surface area contributed by atoms with Crippen molar-refractivity contribution in [2.75, 3.05) is 54.9 Å². The molecule has 6 rings (SSSR count). The third-order valence-electron chi connectivity index (χ3n) is 9.28. The van der Waals surface area contributed by atoms with Crippen LogP contribution in [0.4, 0.5) is 26.0 Å². The average molecular weight is 620 g/mol. The minimum atomic E-state index is -0.610. The number of fused-ring (bicyclic) bond motifs is 1. The van der Waals surface area contributed by atoms with E-state index in [1.807, 2.05) is 24.3 Å². The first-order chi connectivity index (χ1) is 22.0. The molecule has 46 heavy (non-hydrogen) atoms. The molecule has 8 nitrogen and oxygen atoms in total. The molecule has 0 unspecified atom stereocenters. The van der Waals surface area contributed by atoms with E-state index in [0.29, 0.717) is 36.6 Å². The maximum Gasteiger partial charge on any atom is 0.258 e. The molecule has 0 spiro atoms. The molecule has 2 aliphatic heterocycles. The van der Waals surface area contributed by atoms with Gasteiger partial charge in [-0.15, -0.1) is 0 Å². The molecule has 2 fully saturated rings. The van der Waals surface area contributed by atoms with Gasteiger partial charge in [0.15, 0.2) is 5.82 Å². The van der Waals surface area contributed by atoms with Crippen molar-refractivity contribution in [3.63, 3.8) is 0 Å². The molecule has 234 valence electrons. The fourth-order valence-corrected chi connectivity index (χ4v) is 6.86. The van der Waals surface area contributed by atoms with E-state index in [1.54, 1.807) is 0 Å². The van der Waals surface area contributed by atoms with E-state index < -0.39 is 11.6 Å². The molecule has 0 atom stereocenters. The largest absolute Gasteiger partial charge is 0.382 e. The molecule has 1 amide bonds. The van der Waals surface area contributed by atoms with Crippen molar-refractivity contribution in [2.45, 2.75) is 30.5 Å². The maximum absolute atomic E-state index is 14.1. The summed E-state index contributed by atoms with van der Waals surface area (Å²) in [6.45, 7) is 5.19. The van der Waals surface area contributed by atoms with Crippen LogP contribution in [-0.4, -0.2) is 111 Å². The van der Waals surface area contributed by atoms with Crippen LogP contribution < -0.4 is 26.5 Å². The standard InChI is InChI=1S/C31H39B5F2N6O2/c32-24-16-23(27(39-21-3-9-46-10-4-21)26(33)28(24)43-5-7-44(8-6-43)31(34,35)36)30(45)40-29-22-14-17(1-2-25(22)41-42-29)11-18-12-19(37)15-20(38)13-18/h1-2,12-16,21,39H,3-11,32-36H2,(H2,40,41,42,45). The number of hydrogen-bond donors (Lipinski definition) is 3. The monoisotopic (exact) mass is 620 g/mol. The second kappa shape index (κ2) is 13.2. The summed E-state index contributed by atoms with van der Waals surface area (Å²) in [5.41, 5.74) is 6.85. The third-order valence-corrected chi connectivity index (χ3v) is 9.28. The number of nitrogens with one attached hydrogen (secondary N) is 3. The maximum atomic E-state index is 14.1. The van der Waals surface area contributed by atoms with E-state index in [-0.39, 0.29) is 17.2 Å². The Labute approximate surface area is 273 Å². The molecular weight excluding hydrogens is 580 g/mol.